The van der Waals surface area contributed by atoms with Crippen molar-refractivity contribution in [2.75, 3.05) is 14.1 Å². The van der Waals surface area contributed by atoms with Crippen LogP contribution in [-0.2, 0) is 0 Å². The molecule has 0 rings (SSSR count). The molecule has 0 radical (unpaired) electrons. The van der Waals surface area contributed by atoms with Crippen molar-refractivity contribution in [3.8, 4) is 0 Å². The molecule has 4 heteroatoms. The van der Waals surface area contributed by atoms with Crippen LogP contribution in [0, 0.1) is 0 Å². The van der Waals surface area contributed by atoms with Gasteiger partial charge in [-0.1, -0.05) is 46.7 Å². The maximum Gasteiger partial charge on any atom is 0.147 e. The first-order valence-electron chi connectivity index (χ1n) is 4.31. The number of hydrogen-bond donors (Lipinski definition) is 0. The zero-order valence-electron chi connectivity index (χ0n) is 9.83. The molecule has 0 aliphatic heterocycles. The third-order valence-corrected chi connectivity index (χ3v) is 4.02. The maximum atomic E-state index is 5.67. The summed E-state index contributed by atoms with van der Waals surface area (Å²) in [5, 5.41) is 0. The molecule has 84 valence electrons. The van der Waals surface area contributed by atoms with Crippen LogP contribution in [0.1, 0.15) is 7.43 Å². The summed E-state index contributed by atoms with van der Waals surface area (Å²) in [4.78, 5) is 0. The second-order valence-electron chi connectivity index (χ2n) is 5.13. The van der Waals surface area contributed by atoms with E-state index >= 15 is 0 Å². The first-order valence-corrected chi connectivity index (χ1v) is 12.3. The third-order valence-electron chi connectivity index (χ3n) is 1.34. The van der Waals surface area contributed by atoms with Gasteiger partial charge in [0.15, 0.2) is 0 Å². The Labute approximate surface area is 92.3 Å². The Bertz CT molecular complexity index is 108. The molecular formula is C9H28ClNSi2. The van der Waals surface area contributed by atoms with E-state index in [0.29, 0.717) is 0 Å². The predicted molar refractivity (Wildman–Crippen MR) is 73.0 cm³/mol. The fourth-order valence-electron chi connectivity index (χ4n) is 0. The monoisotopic (exact) mass is 241 g/mol. The summed E-state index contributed by atoms with van der Waals surface area (Å²) in [6, 6.07) is 0. The molecule has 13 heavy (non-hydrogen) atoms. The van der Waals surface area contributed by atoms with E-state index in [0.717, 1.165) is 0 Å². The second kappa shape index (κ2) is 7.04. The highest BCUT2D eigenvalue weighted by Crippen LogP contribution is 2.03. The number of hydrogen-bond acceptors (Lipinski definition) is 1. The van der Waals surface area contributed by atoms with Gasteiger partial charge in [-0.3, -0.25) is 0 Å². The van der Waals surface area contributed by atoms with Crippen molar-refractivity contribution >= 4 is 26.7 Å². The van der Waals surface area contributed by atoms with Crippen molar-refractivity contribution < 1.29 is 0 Å². The third kappa shape index (κ3) is 32.4. The van der Waals surface area contributed by atoms with Gasteiger partial charge >= 0.3 is 0 Å². The zero-order valence-corrected chi connectivity index (χ0v) is 12.6. The van der Waals surface area contributed by atoms with E-state index < -0.39 is 15.6 Å². The molecule has 0 saturated carbocycles. The van der Waals surface area contributed by atoms with Gasteiger partial charge < -0.3 is 4.57 Å². The highest BCUT2D eigenvalue weighted by atomic mass is 35.6. The quantitative estimate of drug-likeness (QED) is 0.494. The Morgan fingerprint density at radius 3 is 0.923 bits per heavy atom. The summed E-state index contributed by atoms with van der Waals surface area (Å²) >= 11 is 5.67. The molecule has 1 nitrogen and oxygen atoms in total. The van der Waals surface area contributed by atoms with Gasteiger partial charge in [0.2, 0.25) is 0 Å². The summed E-state index contributed by atoms with van der Waals surface area (Å²) in [5.41, 5.74) is 0. The van der Waals surface area contributed by atoms with Gasteiger partial charge in [0, 0.05) is 0 Å². The first-order chi connectivity index (χ1) is 4.94. The van der Waals surface area contributed by atoms with E-state index in [1.807, 2.05) is 0 Å². The van der Waals surface area contributed by atoms with Crippen LogP contribution < -0.4 is 0 Å². The lowest BCUT2D eigenvalue weighted by molar-refractivity contribution is 0.627. The van der Waals surface area contributed by atoms with Crippen LogP contribution in [-0.4, -0.2) is 34.3 Å². The summed E-state index contributed by atoms with van der Waals surface area (Å²) < 4.78 is 2.33. The topological polar surface area (TPSA) is 3.24 Å². The summed E-state index contributed by atoms with van der Waals surface area (Å²) in [6.45, 7) is 13.3. The van der Waals surface area contributed by atoms with Gasteiger partial charge in [0.25, 0.3) is 0 Å². The Balaban J connectivity index is -0.000000150. The zero-order chi connectivity index (χ0) is 10.6. The van der Waals surface area contributed by atoms with Crippen molar-refractivity contribution in [3.05, 3.63) is 0 Å². The van der Waals surface area contributed by atoms with Gasteiger partial charge in [-0.15, -0.1) is 0 Å². The fourth-order valence-corrected chi connectivity index (χ4v) is 0. The van der Waals surface area contributed by atoms with Crippen LogP contribution in [0.3, 0.4) is 0 Å². The molecule has 0 aliphatic rings. The van der Waals surface area contributed by atoms with Crippen LogP contribution in [0.4, 0.5) is 0 Å². The number of rotatable bonds is 1. The molecule has 0 heterocycles. The van der Waals surface area contributed by atoms with E-state index in [4.69, 9.17) is 11.1 Å². The first kappa shape index (κ1) is 19.3. The van der Waals surface area contributed by atoms with E-state index in [1.54, 1.807) is 0 Å². The highest BCUT2D eigenvalue weighted by molar-refractivity contribution is 7.18. The van der Waals surface area contributed by atoms with E-state index in [2.05, 4.69) is 57.9 Å². The lowest BCUT2D eigenvalue weighted by Crippen LogP contribution is -2.39. The van der Waals surface area contributed by atoms with Gasteiger partial charge in [0.05, 0.1) is 0 Å². The molecule has 0 fully saturated rings. The Hall–Kier alpha value is 0.684. The van der Waals surface area contributed by atoms with Crippen LogP contribution in [0.15, 0.2) is 0 Å². The van der Waals surface area contributed by atoms with Crippen LogP contribution in [0.2, 0.25) is 39.3 Å². The minimum atomic E-state index is -1.14. The summed E-state index contributed by atoms with van der Waals surface area (Å²) in [7, 11) is 2.25. The molecule has 0 unspecified atom stereocenters. The Morgan fingerprint density at radius 1 is 0.846 bits per heavy atom. The van der Waals surface area contributed by atoms with Crippen LogP contribution in [0.5, 0.6) is 0 Å². The highest BCUT2D eigenvalue weighted by Gasteiger charge is 2.14. The van der Waals surface area contributed by atoms with Crippen molar-refractivity contribution in [2.24, 2.45) is 0 Å². The van der Waals surface area contributed by atoms with Gasteiger partial charge in [-0.25, -0.2) is 0 Å². The second-order valence-corrected chi connectivity index (χ2v) is 17.9. The molecule has 0 N–H and O–H groups in total. The molecule has 0 saturated heterocycles. The normalized spacial score (nSPS) is 11.5. The average Bonchev–Trinajstić information content (AvgIpc) is 1.55. The van der Waals surface area contributed by atoms with E-state index in [9.17, 15) is 0 Å². The average molecular weight is 242 g/mol. The lowest BCUT2D eigenvalue weighted by atomic mass is 11.3. The summed E-state index contributed by atoms with van der Waals surface area (Å²) in [5.74, 6) is 0. The Morgan fingerprint density at radius 2 is 0.923 bits per heavy atom. The van der Waals surface area contributed by atoms with E-state index in [1.165, 1.54) is 0 Å². The Kier molecular flexibility index (Phi) is 10.4. The smallest absolute Gasteiger partial charge is 0.147 e. The SMILES string of the molecule is C.CN(C)[Si](C)(C)C.C[Si](C)(C)Cl. The molecular weight excluding hydrogens is 214 g/mol. The van der Waals surface area contributed by atoms with Crippen LogP contribution in [0.25, 0.3) is 0 Å². The van der Waals surface area contributed by atoms with Crippen molar-refractivity contribution in [2.45, 2.75) is 46.7 Å². The molecule has 0 spiro atoms. The molecule has 0 aromatic rings. The molecule has 0 amide bonds. The number of halogens is 1. The molecule has 0 aromatic heterocycles. The van der Waals surface area contributed by atoms with Crippen LogP contribution >= 0.6 is 11.1 Å². The molecule has 0 aliphatic carbocycles. The fraction of sp³-hybridized carbons (Fsp3) is 1.00. The minimum Gasteiger partial charge on any atom is -0.329 e. The lowest BCUT2D eigenvalue weighted by Gasteiger charge is -2.24. The van der Waals surface area contributed by atoms with Crippen molar-refractivity contribution in [1.82, 2.24) is 4.57 Å². The summed E-state index contributed by atoms with van der Waals surface area (Å²) in [6.07, 6.45) is 0. The van der Waals surface area contributed by atoms with Crippen molar-refractivity contribution in [1.29, 1.82) is 0 Å². The van der Waals surface area contributed by atoms with Gasteiger partial charge in [-0.2, -0.15) is 11.1 Å². The van der Waals surface area contributed by atoms with Gasteiger partial charge in [0.1, 0.15) is 15.6 Å². The standard InChI is InChI=1S/C5H15NSi.C3H9ClSi.CH4/c1-6(2)7(3,4)5;1-5(2,3)4;/h1-5H3;1-3H3;1H4. The largest absolute Gasteiger partial charge is 0.329 e. The molecule has 0 atom stereocenters. The minimum absolute atomic E-state index is 0. The predicted octanol–water partition coefficient (Wildman–Crippen LogP) is 4.08. The van der Waals surface area contributed by atoms with E-state index in [-0.39, 0.29) is 7.43 Å². The van der Waals surface area contributed by atoms with Crippen molar-refractivity contribution in [3.63, 3.8) is 0 Å². The molecule has 0 bridgehead atoms. The molecule has 0 aromatic carbocycles. The number of nitrogens with zero attached hydrogens (tertiary/aromatic N) is 1. The van der Waals surface area contributed by atoms with Gasteiger partial charge in [-0.05, 0) is 14.1 Å². The maximum absolute atomic E-state index is 5.67.